The predicted octanol–water partition coefficient (Wildman–Crippen LogP) is 1.85. The maximum absolute atomic E-state index is 5.49. The van der Waals surface area contributed by atoms with Gasteiger partial charge >= 0.3 is 0 Å². The lowest BCUT2D eigenvalue weighted by Crippen LogP contribution is -2.08. The fourth-order valence-electron chi connectivity index (χ4n) is 1.39. The van der Waals surface area contributed by atoms with Crippen LogP contribution in [0.3, 0.4) is 0 Å². The molecule has 0 unspecified atom stereocenters. The van der Waals surface area contributed by atoms with Crippen molar-refractivity contribution < 1.29 is 9.47 Å². The minimum Gasteiger partial charge on any atom is -0.493 e. The lowest BCUT2D eigenvalue weighted by Gasteiger charge is -2.12. The Morgan fingerprint density at radius 2 is 2.12 bits per heavy atom. The number of ether oxygens (including phenoxy) is 2. The zero-order valence-electron chi connectivity index (χ0n) is 9.95. The highest BCUT2D eigenvalue weighted by molar-refractivity contribution is 5.54. The summed E-state index contributed by atoms with van der Waals surface area (Å²) in [7, 11) is 1.64. The Balaban J connectivity index is 2.68. The largest absolute Gasteiger partial charge is 0.493 e. The van der Waals surface area contributed by atoms with E-state index in [1.165, 1.54) is 0 Å². The molecule has 1 rings (SSSR count). The lowest BCUT2D eigenvalue weighted by molar-refractivity contribution is 0.311. The summed E-state index contributed by atoms with van der Waals surface area (Å²) < 4.78 is 10.7. The maximum Gasteiger partial charge on any atom is 0.163 e. The van der Waals surface area contributed by atoms with E-state index in [2.05, 4.69) is 5.32 Å². The molecule has 0 fully saturated rings. The summed E-state index contributed by atoms with van der Waals surface area (Å²) in [5, 5.41) is 3.28. The number of nitrogens with two attached hydrogens (primary N) is 1. The SMILES string of the molecule is CCOc1cc(NCCCN)ccc1OC. The van der Waals surface area contributed by atoms with Crippen LogP contribution in [0.4, 0.5) is 5.69 Å². The van der Waals surface area contributed by atoms with Gasteiger partial charge in [-0.2, -0.15) is 0 Å². The van der Waals surface area contributed by atoms with Gasteiger partial charge in [-0.15, -0.1) is 0 Å². The molecule has 0 aromatic heterocycles. The van der Waals surface area contributed by atoms with Crippen molar-refractivity contribution in [3.05, 3.63) is 18.2 Å². The van der Waals surface area contributed by atoms with Crippen LogP contribution in [-0.2, 0) is 0 Å². The van der Waals surface area contributed by atoms with Crippen molar-refractivity contribution in [2.75, 3.05) is 32.1 Å². The Hall–Kier alpha value is -1.42. The average molecular weight is 224 g/mol. The number of benzene rings is 1. The summed E-state index contributed by atoms with van der Waals surface area (Å²) in [6.45, 7) is 4.15. The molecule has 3 N–H and O–H groups in total. The topological polar surface area (TPSA) is 56.5 Å². The summed E-state index contributed by atoms with van der Waals surface area (Å²) >= 11 is 0. The molecule has 4 heteroatoms. The Morgan fingerprint density at radius 1 is 1.31 bits per heavy atom. The molecular weight excluding hydrogens is 204 g/mol. The lowest BCUT2D eigenvalue weighted by atomic mass is 10.2. The van der Waals surface area contributed by atoms with Crippen LogP contribution in [0.5, 0.6) is 11.5 Å². The second kappa shape index (κ2) is 6.95. The van der Waals surface area contributed by atoms with Crippen molar-refractivity contribution in [3.63, 3.8) is 0 Å². The second-order valence-electron chi connectivity index (χ2n) is 3.37. The number of methoxy groups -OCH3 is 1. The molecule has 16 heavy (non-hydrogen) atoms. The van der Waals surface area contributed by atoms with Crippen LogP contribution in [0, 0.1) is 0 Å². The van der Waals surface area contributed by atoms with Gasteiger partial charge < -0.3 is 20.5 Å². The molecule has 90 valence electrons. The van der Waals surface area contributed by atoms with Crippen molar-refractivity contribution >= 4 is 5.69 Å². The standard InChI is InChI=1S/C12H20N2O2/c1-3-16-12-9-10(14-8-4-7-13)5-6-11(12)15-2/h5-6,9,14H,3-4,7-8,13H2,1-2H3. The Morgan fingerprint density at radius 3 is 2.75 bits per heavy atom. The quantitative estimate of drug-likeness (QED) is 0.694. The van der Waals surface area contributed by atoms with Crippen LogP contribution in [0.15, 0.2) is 18.2 Å². The highest BCUT2D eigenvalue weighted by Crippen LogP contribution is 2.30. The number of rotatable bonds is 7. The molecule has 4 nitrogen and oxygen atoms in total. The van der Waals surface area contributed by atoms with Crippen molar-refractivity contribution in [1.29, 1.82) is 0 Å². The van der Waals surface area contributed by atoms with Crippen LogP contribution in [0.1, 0.15) is 13.3 Å². The van der Waals surface area contributed by atoms with Crippen LogP contribution >= 0.6 is 0 Å². The zero-order chi connectivity index (χ0) is 11.8. The van der Waals surface area contributed by atoms with Gasteiger partial charge in [-0.05, 0) is 32.0 Å². The molecule has 0 saturated heterocycles. The molecule has 0 heterocycles. The number of anilines is 1. The number of hydrogen-bond donors (Lipinski definition) is 2. The van der Waals surface area contributed by atoms with Gasteiger partial charge in [0, 0.05) is 18.3 Å². The van der Waals surface area contributed by atoms with E-state index in [1.807, 2.05) is 25.1 Å². The molecule has 0 bridgehead atoms. The van der Waals surface area contributed by atoms with Crippen LogP contribution in [0.25, 0.3) is 0 Å². The monoisotopic (exact) mass is 224 g/mol. The first kappa shape index (κ1) is 12.6. The van der Waals surface area contributed by atoms with Crippen LogP contribution in [0.2, 0.25) is 0 Å². The summed E-state index contributed by atoms with van der Waals surface area (Å²) in [6.07, 6.45) is 0.954. The molecule has 0 radical (unpaired) electrons. The van der Waals surface area contributed by atoms with Gasteiger partial charge in [-0.3, -0.25) is 0 Å². The maximum atomic E-state index is 5.49. The molecule has 0 aliphatic heterocycles. The Labute approximate surface area is 96.7 Å². The highest BCUT2D eigenvalue weighted by Gasteiger charge is 2.04. The third kappa shape index (κ3) is 3.62. The Kier molecular flexibility index (Phi) is 5.50. The Bertz CT molecular complexity index is 316. The molecule has 0 saturated carbocycles. The summed E-state index contributed by atoms with van der Waals surface area (Å²) in [5.41, 5.74) is 6.46. The molecule has 0 aliphatic rings. The first-order chi connectivity index (χ1) is 7.81. The zero-order valence-corrected chi connectivity index (χ0v) is 9.95. The fourth-order valence-corrected chi connectivity index (χ4v) is 1.39. The van der Waals surface area contributed by atoms with E-state index in [0.29, 0.717) is 13.2 Å². The minimum absolute atomic E-state index is 0.628. The molecule has 0 spiro atoms. The molecular formula is C12H20N2O2. The normalized spacial score (nSPS) is 9.94. The highest BCUT2D eigenvalue weighted by atomic mass is 16.5. The van der Waals surface area contributed by atoms with E-state index < -0.39 is 0 Å². The molecule has 1 aromatic rings. The minimum atomic E-state index is 0.628. The second-order valence-corrected chi connectivity index (χ2v) is 3.37. The van der Waals surface area contributed by atoms with Crippen LogP contribution < -0.4 is 20.5 Å². The average Bonchev–Trinajstić information content (AvgIpc) is 2.30. The van der Waals surface area contributed by atoms with E-state index in [1.54, 1.807) is 7.11 Å². The predicted molar refractivity (Wildman–Crippen MR) is 66.3 cm³/mol. The van der Waals surface area contributed by atoms with Crippen molar-refractivity contribution in [2.24, 2.45) is 5.73 Å². The molecule has 1 aromatic carbocycles. The fraction of sp³-hybridized carbons (Fsp3) is 0.500. The van der Waals surface area contributed by atoms with E-state index in [9.17, 15) is 0 Å². The molecule has 0 atom stereocenters. The van der Waals surface area contributed by atoms with Crippen LogP contribution in [-0.4, -0.2) is 26.8 Å². The third-order valence-corrected chi connectivity index (χ3v) is 2.17. The summed E-state index contributed by atoms with van der Waals surface area (Å²) in [6, 6.07) is 5.81. The van der Waals surface area contributed by atoms with Crippen molar-refractivity contribution in [2.45, 2.75) is 13.3 Å². The molecule has 0 aliphatic carbocycles. The van der Waals surface area contributed by atoms with Gasteiger partial charge in [0.15, 0.2) is 11.5 Å². The van der Waals surface area contributed by atoms with E-state index in [4.69, 9.17) is 15.2 Å². The first-order valence-electron chi connectivity index (χ1n) is 5.56. The smallest absolute Gasteiger partial charge is 0.163 e. The van der Waals surface area contributed by atoms with E-state index >= 15 is 0 Å². The van der Waals surface area contributed by atoms with Gasteiger partial charge in [0.25, 0.3) is 0 Å². The van der Waals surface area contributed by atoms with Gasteiger partial charge in [-0.1, -0.05) is 0 Å². The van der Waals surface area contributed by atoms with Gasteiger partial charge in [-0.25, -0.2) is 0 Å². The third-order valence-electron chi connectivity index (χ3n) is 2.17. The number of nitrogens with one attached hydrogen (secondary N) is 1. The van der Waals surface area contributed by atoms with E-state index in [-0.39, 0.29) is 0 Å². The van der Waals surface area contributed by atoms with Crippen molar-refractivity contribution in [3.8, 4) is 11.5 Å². The van der Waals surface area contributed by atoms with Crippen molar-refractivity contribution in [1.82, 2.24) is 0 Å². The van der Waals surface area contributed by atoms with Gasteiger partial charge in [0.05, 0.1) is 13.7 Å². The molecule has 0 amide bonds. The summed E-state index contributed by atoms with van der Waals surface area (Å²) in [5.74, 6) is 1.52. The van der Waals surface area contributed by atoms with E-state index in [0.717, 1.165) is 30.2 Å². The van der Waals surface area contributed by atoms with Gasteiger partial charge in [0.1, 0.15) is 0 Å². The number of hydrogen-bond acceptors (Lipinski definition) is 4. The first-order valence-corrected chi connectivity index (χ1v) is 5.56. The summed E-state index contributed by atoms with van der Waals surface area (Å²) in [4.78, 5) is 0. The van der Waals surface area contributed by atoms with Gasteiger partial charge in [0.2, 0.25) is 0 Å².